The zero-order valence-electron chi connectivity index (χ0n) is 14.1. The van der Waals surface area contributed by atoms with E-state index in [4.69, 9.17) is 0 Å². The SMILES string of the molecule is CN(C)c1cc(N2CCC[C@H](NC(=O)Cc3ccsc3)C2)ncn1. The molecule has 3 rings (SSSR count). The van der Waals surface area contributed by atoms with E-state index in [1.165, 1.54) is 0 Å². The Labute approximate surface area is 146 Å². The van der Waals surface area contributed by atoms with E-state index in [0.717, 1.165) is 43.1 Å². The molecule has 1 aliphatic rings. The molecule has 1 amide bonds. The number of amides is 1. The topological polar surface area (TPSA) is 61.4 Å². The van der Waals surface area contributed by atoms with Gasteiger partial charge in [-0.3, -0.25) is 4.79 Å². The predicted octanol–water partition coefficient (Wildman–Crippen LogP) is 1.93. The standard InChI is InChI=1S/C17H23N5OS/c1-21(2)15-9-16(19-12-18-15)22-6-3-4-14(10-22)20-17(23)8-13-5-7-24-11-13/h5,7,9,11-12,14H,3-4,6,8,10H2,1-2H3,(H,20,23)/t14-/m0/s1. The van der Waals surface area contributed by atoms with E-state index in [2.05, 4.69) is 20.2 Å². The van der Waals surface area contributed by atoms with E-state index in [1.54, 1.807) is 17.7 Å². The summed E-state index contributed by atoms with van der Waals surface area (Å²) in [4.78, 5) is 25.1. The largest absolute Gasteiger partial charge is 0.363 e. The first-order valence-corrected chi connectivity index (χ1v) is 9.11. The van der Waals surface area contributed by atoms with Crippen molar-refractivity contribution in [2.45, 2.75) is 25.3 Å². The van der Waals surface area contributed by atoms with Crippen LogP contribution in [0.15, 0.2) is 29.2 Å². The number of carbonyl (C=O) groups is 1. The third-order valence-electron chi connectivity index (χ3n) is 4.15. The van der Waals surface area contributed by atoms with Gasteiger partial charge in [-0.2, -0.15) is 11.3 Å². The van der Waals surface area contributed by atoms with Gasteiger partial charge in [0.25, 0.3) is 0 Å². The normalized spacial score (nSPS) is 17.6. The van der Waals surface area contributed by atoms with Crippen molar-refractivity contribution in [1.82, 2.24) is 15.3 Å². The van der Waals surface area contributed by atoms with Gasteiger partial charge in [-0.15, -0.1) is 0 Å². The van der Waals surface area contributed by atoms with Crippen molar-refractivity contribution in [3.8, 4) is 0 Å². The van der Waals surface area contributed by atoms with E-state index in [1.807, 2.05) is 41.9 Å². The first kappa shape index (κ1) is 16.7. The number of rotatable bonds is 5. The number of piperidine rings is 1. The molecular weight excluding hydrogens is 322 g/mol. The van der Waals surface area contributed by atoms with E-state index in [9.17, 15) is 4.79 Å². The van der Waals surface area contributed by atoms with Crippen molar-refractivity contribution in [3.05, 3.63) is 34.8 Å². The average molecular weight is 345 g/mol. The minimum Gasteiger partial charge on any atom is -0.363 e. The summed E-state index contributed by atoms with van der Waals surface area (Å²) in [6.45, 7) is 1.75. The van der Waals surface area contributed by atoms with Crippen LogP contribution < -0.4 is 15.1 Å². The molecule has 6 nitrogen and oxygen atoms in total. The maximum Gasteiger partial charge on any atom is 0.224 e. The molecule has 3 heterocycles. The fourth-order valence-corrected chi connectivity index (χ4v) is 3.58. The Morgan fingerprint density at radius 3 is 3.08 bits per heavy atom. The second-order valence-corrected chi connectivity index (χ2v) is 7.07. The maximum absolute atomic E-state index is 12.2. The Hall–Kier alpha value is -2.15. The van der Waals surface area contributed by atoms with Crippen LogP contribution in [0.4, 0.5) is 11.6 Å². The molecule has 0 unspecified atom stereocenters. The minimum atomic E-state index is 0.0944. The van der Waals surface area contributed by atoms with Crippen LogP contribution in [0.25, 0.3) is 0 Å². The van der Waals surface area contributed by atoms with Gasteiger partial charge in [-0.1, -0.05) is 0 Å². The molecule has 2 aromatic rings. The number of hydrogen-bond acceptors (Lipinski definition) is 6. The van der Waals surface area contributed by atoms with Gasteiger partial charge in [0.15, 0.2) is 0 Å². The van der Waals surface area contributed by atoms with Crippen LogP contribution in [0.3, 0.4) is 0 Å². The van der Waals surface area contributed by atoms with Gasteiger partial charge in [0.2, 0.25) is 5.91 Å². The lowest BCUT2D eigenvalue weighted by molar-refractivity contribution is -0.121. The highest BCUT2D eigenvalue weighted by molar-refractivity contribution is 7.08. The first-order chi connectivity index (χ1) is 11.6. The lowest BCUT2D eigenvalue weighted by Gasteiger charge is -2.34. The van der Waals surface area contributed by atoms with Crippen molar-refractivity contribution >= 4 is 28.9 Å². The molecule has 0 aromatic carbocycles. The van der Waals surface area contributed by atoms with E-state index < -0.39 is 0 Å². The summed E-state index contributed by atoms with van der Waals surface area (Å²) in [6, 6.07) is 4.17. The monoisotopic (exact) mass is 345 g/mol. The number of thiophene rings is 1. The van der Waals surface area contributed by atoms with Crippen LogP contribution in [-0.4, -0.2) is 49.1 Å². The van der Waals surface area contributed by atoms with E-state index >= 15 is 0 Å². The molecule has 24 heavy (non-hydrogen) atoms. The summed E-state index contributed by atoms with van der Waals surface area (Å²) in [5.74, 6) is 1.91. The minimum absolute atomic E-state index is 0.0944. The summed E-state index contributed by atoms with van der Waals surface area (Å²) in [6.07, 6.45) is 4.11. The number of anilines is 2. The van der Waals surface area contributed by atoms with Crippen molar-refractivity contribution in [3.63, 3.8) is 0 Å². The highest BCUT2D eigenvalue weighted by Gasteiger charge is 2.22. The first-order valence-electron chi connectivity index (χ1n) is 8.16. The predicted molar refractivity (Wildman–Crippen MR) is 97.8 cm³/mol. The van der Waals surface area contributed by atoms with Gasteiger partial charge in [0, 0.05) is 39.3 Å². The Balaban J connectivity index is 1.60. The third-order valence-corrected chi connectivity index (χ3v) is 4.88. The number of hydrogen-bond donors (Lipinski definition) is 1. The van der Waals surface area contributed by atoms with Crippen LogP contribution in [0, 0.1) is 0 Å². The van der Waals surface area contributed by atoms with Gasteiger partial charge in [-0.05, 0) is 35.2 Å². The van der Waals surface area contributed by atoms with Gasteiger partial charge < -0.3 is 15.1 Å². The van der Waals surface area contributed by atoms with Gasteiger partial charge in [-0.25, -0.2) is 9.97 Å². The zero-order chi connectivity index (χ0) is 16.9. The fourth-order valence-electron chi connectivity index (χ4n) is 2.92. The van der Waals surface area contributed by atoms with Crippen LogP contribution >= 0.6 is 11.3 Å². The molecule has 1 fully saturated rings. The van der Waals surface area contributed by atoms with Crippen molar-refractivity contribution in [1.29, 1.82) is 0 Å². The Kier molecular flexibility index (Phi) is 5.30. The molecule has 0 radical (unpaired) electrons. The van der Waals surface area contributed by atoms with Gasteiger partial charge in [0.05, 0.1) is 6.42 Å². The molecule has 1 saturated heterocycles. The molecule has 128 valence electrons. The molecule has 1 atom stereocenters. The molecule has 1 aliphatic heterocycles. The smallest absolute Gasteiger partial charge is 0.224 e. The zero-order valence-corrected chi connectivity index (χ0v) is 14.9. The van der Waals surface area contributed by atoms with Crippen molar-refractivity contribution in [2.75, 3.05) is 37.0 Å². The number of aromatic nitrogens is 2. The van der Waals surface area contributed by atoms with E-state index in [0.29, 0.717) is 6.42 Å². The lowest BCUT2D eigenvalue weighted by Crippen LogP contribution is -2.48. The average Bonchev–Trinajstić information content (AvgIpc) is 3.08. The van der Waals surface area contributed by atoms with Crippen LogP contribution in [0.2, 0.25) is 0 Å². The van der Waals surface area contributed by atoms with Crippen LogP contribution in [-0.2, 0) is 11.2 Å². The summed E-state index contributed by atoms with van der Waals surface area (Å²) in [7, 11) is 3.94. The highest BCUT2D eigenvalue weighted by atomic mass is 32.1. The Bertz CT molecular complexity index is 673. The molecule has 7 heteroatoms. The molecule has 2 aromatic heterocycles. The summed E-state index contributed by atoms with van der Waals surface area (Å²) >= 11 is 1.62. The highest BCUT2D eigenvalue weighted by Crippen LogP contribution is 2.20. The third kappa shape index (κ3) is 4.23. The maximum atomic E-state index is 12.2. The van der Waals surface area contributed by atoms with Crippen molar-refractivity contribution in [2.24, 2.45) is 0 Å². The van der Waals surface area contributed by atoms with Gasteiger partial charge >= 0.3 is 0 Å². The molecule has 0 bridgehead atoms. The summed E-state index contributed by atoms with van der Waals surface area (Å²) in [5, 5.41) is 7.19. The fraction of sp³-hybridized carbons (Fsp3) is 0.471. The molecule has 0 aliphatic carbocycles. The lowest BCUT2D eigenvalue weighted by atomic mass is 10.1. The second-order valence-electron chi connectivity index (χ2n) is 6.29. The Morgan fingerprint density at radius 2 is 2.33 bits per heavy atom. The van der Waals surface area contributed by atoms with Gasteiger partial charge in [0.1, 0.15) is 18.0 Å². The summed E-state index contributed by atoms with van der Waals surface area (Å²) < 4.78 is 0. The quantitative estimate of drug-likeness (QED) is 0.897. The number of nitrogens with one attached hydrogen (secondary N) is 1. The Morgan fingerprint density at radius 1 is 1.46 bits per heavy atom. The van der Waals surface area contributed by atoms with Crippen LogP contribution in [0.1, 0.15) is 18.4 Å². The molecular formula is C17H23N5OS. The molecule has 0 saturated carbocycles. The molecule has 0 spiro atoms. The number of carbonyl (C=O) groups excluding carboxylic acids is 1. The second kappa shape index (κ2) is 7.61. The number of nitrogens with zero attached hydrogens (tertiary/aromatic N) is 4. The van der Waals surface area contributed by atoms with Crippen molar-refractivity contribution < 1.29 is 4.79 Å². The summed E-state index contributed by atoms with van der Waals surface area (Å²) in [5.41, 5.74) is 1.08. The van der Waals surface area contributed by atoms with Crippen LogP contribution in [0.5, 0.6) is 0 Å². The molecule has 1 N–H and O–H groups in total. The van der Waals surface area contributed by atoms with E-state index in [-0.39, 0.29) is 11.9 Å².